The molecule has 19 heavy (non-hydrogen) atoms. The highest BCUT2D eigenvalue weighted by atomic mass is 32.2. The predicted octanol–water partition coefficient (Wildman–Crippen LogP) is 0.738. The van der Waals surface area contributed by atoms with Crippen LogP contribution >= 0.6 is 11.8 Å². The van der Waals surface area contributed by atoms with Gasteiger partial charge in [0.2, 0.25) is 0 Å². The molecule has 0 radical (unpaired) electrons. The van der Waals surface area contributed by atoms with E-state index in [2.05, 4.69) is 15.0 Å². The van der Waals surface area contributed by atoms with E-state index in [0.717, 1.165) is 5.56 Å². The number of nitrogens with one attached hydrogen (secondary N) is 1. The third-order valence-corrected chi connectivity index (χ3v) is 3.10. The van der Waals surface area contributed by atoms with Crippen LogP contribution in [0, 0.1) is 0 Å². The Hall–Kier alpha value is -2.35. The van der Waals surface area contributed by atoms with Gasteiger partial charge in [-0.05, 0) is 17.7 Å². The van der Waals surface area contributed by atoms with Crippen molar-refractivity contribution in [2.45, 2.75) is 10.9 Å². The van der Waals surface area contributed by atoms with E-state index in [0.29, 0.717) is 10.9 Å². The molecule has 0 unspecified atom stereocenters. The molecule has 0 saturated heterocycles. The van der Waals surface area contributed by atoms with Crippen LogP contribution in [0.5, 0.6) is 0 Å². The molecule has 0 spiro atoms. The number of carbonyl (C=O) groups is 1. The maximum Gasteiger partial charge on any atom is 0.354 e. The van der Waals surface area contributed by atoms with E-state index in [9.17, 15) is 9.59 Å². The van der Waals surface area contributed by atoms with Crippen molar-refractivity contribution in [1.82, 2.24) is 15.0 Å². The highest BCUT2D eigenvalue weighted by Gasteiger charge is 2.06. The third kappa shape index (κ3) is 3.55. The molecular formula is C11H10N4O3S. The summed E-state index contributed by atoms with van der Waals surface area (Å²) in [7, 11) is 0. The molecular weight excluding hydrogens is 268 g/mol. The van der Waals surface area contributed by atoms with Gasteiger partial charge in [-0.2, -0.15) is 0 Å². The van der Waals surface area contributed by atoms with Gasteiger partial charge < -0.3 is 15.8 Å². The van der Waals surface area contributed by atoms with Crippen LogP contribution in [0.1, 0.15) is 16.1 Å². The van der Waals surface area contributed by atoms with Crippen LogP contribution in [0.4, 0.5) is 5.82 Å². The fraction of sp³-hybridized carbons (Fsp3) is 0.0909. The zero-order chi connectivity index (χ0) is 13.8. The molecule has 0 aromatic carbocycles. The van der Waals surface area contributed by atoms with Gasteiger partial charge in [0.05, 0.1) is 0 Å². The molecule has 0 bridgehead atoms. The summed E-state index contributed by atoms with van der Waals surface area (Å²) >= 11 is 1.25. The van der Waals surface area contributed by atoms with E-state index in [1.807, 2.05) is 0 Å². The van der Waals surface area contributed by atoms with Crippen LogP contribution in [0.15, 0.2) is 34.3 Å². The molecule has 2 aromatic rings. The minimum Gasteiger partial charge on any atom is -0.477 e. The first kappa shape index (κ1) is 13.1. The Kier molecular flexibility index (Phi) is 3.81. The molecule has 0 fully saturated rings. The van der Waals surface area contributed by atoms with Crippen molar-refractivity contribution in [3.05, 3.63) is 46.0 Å². The number of pyridine rings is 1. The van der Waals surface area contributed by atoms with Crippen molar-refractivity contribution < 1.29 is 9.90 Å². The van der Waals surface area contributed by atoms with Gasteiger partial charge in [0.15, 0.2) is 5.16 Å². The second kappa shape index (κ2) is 5.53. The van der Waals surface area contributed by atoms with Gasteiger partial charge in [0, 0.05) is 18.0 Å². The van der Waals surface area contributed by atoms with Crippen molar-refractivity contribution in [1.29, 1.82) is 0 Å². The molecule has 0 amide bonds. The van der Waals surface area contributed by atoms with Gasteiger partial charge in [-0.1, -0.05) is 11.8 Å². The van der Waals surface area contributed by atoms with Gasteiger partial charge in [-0.25, -0.2) is 14.8 Å². The first-order valence-electron chi connectivity index (χ1n) is 5.22. The lowest BCUT2D eigenvalue weighted by molar-refractivity contribution is 0.0690. The first-order valence-corrected chi connectivity index (χ1v) is 6.21. The number of thioether (sulfide) groups is 1. The van der Waals surface area contributed by atoms with Gasteiger partial charge in [-0.15, -0.1) is 0 Å². The third-order valence-electron chi connectivity index (χ3n) is 2.16. The summed E-state index contributed by atoms with van der Waals surface area (Å²) in [5, 5.41) is 9.21. The average Bonchev–Trinajstić information content (AvgIpc) is 2.35. The van der Waals surface area contributed by atoms with E-state index in [-0.39, 0.29) is 17.1 Å². The molecule has 2 heterocycles. The van der Waals surface area contributed by atoms with Crippen LogP contribution in [0.25, 0.3) is 0 Å². The Labute approximate surface area is 111 Å². The Bertz CT molecular complexity index is 671. The summed E-state index contributed by atoms with van der Waals surface area (Å²) < 4.78 is 0. The fourth-order valence-corrected chi connectivity index (χ4v) is 2.18. The molecule has 0 saturated carbocycles. The van der Waals surface area contributed by atoms with Crippen LogP contribution in [-0.2, 0) is 5.75 Å². The van der Waals surface area contributed by atoms with E-state index in [1.165, 1.54) is 30.1 Å². The minimum atomic E-state index is -1.08. The maximum absolute atomic E-state index is 11.2. The summed E-state index contributed by atoms with van der Waals surface area (Å²) in [6, 6.07) is 4.36. The summed E-state index contributed by atoms with van der Waals surface area (Å²) in [5.74, 6) is -0.482. The summed E-state index contributed by atoms with van der Waals surface area (Å²) in [6.45, 7) is 0. The Morgan fingerprint density at radius 2 is 2.26 bits per heavy atom. The smallest absolute Gasteiger partial charge is 0.354 e. The number of aromatic amines is 1. The van der Waals surface area contributed by atoms with Gasteiger partial charge in [0.25, 0.3) is 5.56 Å². The van der Waals surface area contributed by atoms with E-state index in [4.69, 9.17) is 10.8 Å². The minimum absolute atomic E-state index is 0.0212. The number of rotatable bonds is 4. The van der Waals surface area contributed by atoms with Crippen molar-refractivity contribution in [2.75, 3.05) is 5.73 Å². The highest BCUT2D eigenvalue weighted by molar-refractivity contribution is 7.98. The Morgan fingerprint density at radius 3 is 2.95 bits per heavy atom. The Balaban J connectivity index is 2.12. The fourth-order valence-electron chi connectivity index (χ4n) is 1.35. The number of carboxylic acids is 1. The molecule has 7 nitrogen and oxygen atoms in total. The predicted molar refractivity (Wildman–Crippen MR) is 70.0 cm³/mol. The lowest BCUT2D eigenvalue weighted by atomic mass is 10.2. The molecule has 0 atom stereocenters. The quantitative estimate of drug-likeness (QED) is 0.556. The number of hydrogen-bond donors (Lipinski definition) is 3. The van der Waals surface area contributed by atoms with Crippen molar-refractivity contribution in [3.8, 4) is 0 Å². The molecule has 0 aliphatic heterocycles. The Morgan fingerprint density at radius 1 is 1.47 bits per heavy atom. The second-order valence-corrected chi connectivity index (χ2v) is 4.58. The van der Waals surface area contributed by atoms with Crippen molar-refractivity contribution in [2.24, 2.45) is 0 Å². The van der Waals surface area contributed by atoms with Crippen LogP contribution in [-0.4, -0.2) is 26.0 Å². The second-order valence-electron chi connectivity index (χ2n) is 3.62. The number of aromatic carboxylic acids is 1. The van der Waals surface area contributed by atoms with E-state index < -0.39 is 5.97 Å². The lowest BCUT2D eigenvalue weighted by Gasteiger charge is -2.02. The lowest BCUT2D eigenvalue weighted by Crippen LogP contribution is -2.09. The molecule has 0 aliphatic rings. The zero-order valence-electron chi connectivity index (χ0n) is 9.66. The topological polar surface area (TPSA) is 122 Å². The highest BCUT2D eigenvalue weighted by Crippen LogP contribution is 2.18. The molecule has 8 heteroatoms. The zero-order valence-corrected chi connectivity index (χ0v) is 10.5. The molecule has 98 valence electrons. The number of hydrogen-bond acceptors (Lipinski definition) is 6. The maximum atomic E-state index is 11.2. The molecule has 2 rings (SSSR count). The van der Waals surface area contributed by atoms with Crippen LogP contribution in [0.3, 0.4) is 0 Å². The van der Waals surface area contributed by atoms with Crippen LogP contribution < -0.4 is 11.3 Å². The number of aromatic nitrogens is 3. The number of nitrogens with zero attached hydrogens (tertiary/aromatic N) is 2. The number of carboxylic acid groups (broad SMARTS) is 1. The summed E-state index contributed by atoms with van der Waals surface area (Å²) in [6.07, 6.45) is 1.43. The average molecular weight is 278 g/mol. The van der Waals surface area contributed by atoms with Gasteiger partial charge in [0.1, 0.15) is 11.5 Å². The number of anilines is 1. The van der Waals surface area contributed by atoms with E-state index in [1.54, 1.807) is 6.07 Å². The summed E-state index contributed by atoms with van der Waals surface area (Å²) in [4.78, 5) is 32.2. The van der Waals surface area contributed by atoms with E-state index >= 15 is 0 Å². The SMILES string of the molecule is Nc1cc(=O)[nH]c(SCc2ccnc(C(=O)O)c2)n1. The molecule has 4 N–H and O–H groups in total. The number of nitrogen functional groups attached to an aromatic ring is 1. The normalized spacial score (nSPS) is 10.3. The van der Waals surface area contributed by atoms with Crippen LogP contribution in [0.2, 0.25) is 0 Å². The van der Waals surface area contributed by atoms with Gasteiger partial charge >= 0.3 is 5.97 Å². The first-order chi connectivity index (χ1) is 9.04. The number of nitrogens with two attached hydrogens (primary N) is 1. The number of H-pyrrole nitrogens is 1. The van der Waals surface area contributed by atoms with Gasteiger partial charge in [-0.3, -0.25) is 4.79 Å². The largest absolute Gasteiger partial charge is 0.477 e. The monoisotopic (exact) mass is 278 g/mol. The molecule has 0 aliphatic carbocycles. The summed E-state index contributed by atoms with van der Waals surface area (Å²) in [5.41, 5.74) is 5.88. The van der Waals surface area contributed by atoms with Crippen molar-refractivity contribution in [3.63, 3.8) is 0 Å². The standard InChI is InChI=1S/C11H10N4O3S/c12-8-4-9(16)15-11(14-8)19-5-6-1-2-13-7(3-6)10(17)18/h1-4H,5H2,(H,17,18)(H3,12,14,15,16). The van der Waals surface area contributed by atoms with Crippen molar-refractivity contribution >= 4 is 23.5 Å². The molecule has 2 aromatic heterocycles.